The molecule has 1 heterocycles. The Bertz CT molecular complexity index is 750. The normalized spacial score (nSPS) is 14.4. The van der Waals surface area contributed by atoms with E-state index in [0.29, 0.717) is 11.2 Å². The van der Waals surface area contributed by atoms with Gasteiger partial charge >= 0.3 is 6.18 Å². The van der Waals surface area contributed by atoms with Crippen LogP contribution in [-0.2, 0) is 4.79 Å². The molecule has 130 valence electrons. The van der Waals surface area contributed by atoms with E-state index in [2.05, 4.69) is 32.9 Å². The monoisotopic (exact) mass is 470 g/mol. The van der Waals surface area contributed by atoms with Crippen LogP contribution in [0.15, 0.2) is 30.5 Å². The van der Waals surface area contributed by atoms with Crippen molar-refractivity contribution in [3.63, 3.8) is 0 Å². The van der Waals surface area contributed by atoms with Crippen LogP contribution >= 0.6 is 34.2 Å². The zero-order valence-electron chi connectivity index (χ0n) is 12.8. The second-order valence-electron chi connectivity index (χ2n) is 5.75. The maximum Gasteiger partial charge on any atom is 0.390 e. The molecule has 8 heteroatoms. The average Bonchev–Trinajstić information content (AvgIpc) is 2.46. The minimum absolute atomic E-state index is 0.0738. The second kappa shape index (κ2) is 7.43. The zero-order chi connectivity index (χ0) is 18.0. The molecule has 0 fully saturated rings. The lowest BCUT2D eigenvalue weighted by Gasteiger charge is -2.23. The number of hydrogen-bond donors (Lipinski definition) is 1. The highest BCUT2D eigenvalue weighted by molar-refractivity contribution is 14.1. The number of carbonyl (C=O) groups excluding carboxylic acids is 1. The van der Waals surface area contributed by atoms with Crippen LogP contribution in [0, 0.1) is 3.57 Å². The van der Waals surface area contributed by atoms with Gasteiger partial charge in [0.05, 0.1) is 22.5 Å². The van der Waals surface area contributed by atoms with Crippen molar-refractivity contribution >= 4 is 56.7 Å². The predicted octanol–water partition coefficient (Wildman–Crippen LogP) is 5.51. The molecule has 0 aliphatic heterocycles. The van der Waals surface area contributed by atoms with Gasteiger partial charge in [0.15, 0.2) is 0 Å². The number of carbonyl (C=O) groups is 1. The van der Waals surface area contributed by atoms with Crippen molar-refractivity contribution in [3.8, 4) is 0 Å². The first-order valence-corrected chi connectivity index (χ1v) is 8.62. The van der Waals surface area contributed by atoms with Crippen LogP contribution < -0.4 is 5.32 Å². The van der Waals surface area contributed by atoms with E-state index in [1.165, 1.54) is 6.92 Å². The highest BCUT2D eigenvalue weighted by Crippen LogP contribution is 2.35. The summed E-state index contributed by atoms with van der Waals surface area (Å²) in [6.07, 6.45) is -4.05. The number of aromatic nitrogens is 1. The fourth-order valence-electron chi connectivity index (χ4n) is 2.33. The van der Waals surface area contributed by atoms with Gasteiger partial charge in [-0.15, -0.1) is 11.6 Å². The lowest BCUT2D eigenvalue weighted by Crippen LogP contribution is -2.27. The summed E-state index contributed by atoms with van der Waals surface area (Å²) in [5.74, 6) is -0.391. The number of alkyl halides is 4. The van der Waals surface area contributed by atoms with Gasteiger partial charge in [0, 0.05) is 21.6 Å². The van der Waals surface area contributed by atoms with E-state index in [1.54, 1.807) is 18.3 Å². The summed E-state index contributed by atoms with van der Waals surface area (Å²) < 4.78 is 38.3. The fourth-order valence-corrected chi connectivity index (χ4v) is 3.19. The number of nitrogens with zero attached hydrogens (tertiary/aromatic N) is 1. The van der Waals surface area contributed by atoms with Gasteiger partial charge in [-0.05, 0) is 54.1 Å². The third-order valence-electron chi connectivity index (χ3n) is 3.43. The van der Waals surface area contributed by atoms with Crippen molar-refractivity contribution in [1.82, 2.24) is 4.98 Å². The van der Waals surface area contributed by atoms with Crippen LogP contribution in [0.25, 0.3) is 10.9 Å². The Labute approximate surface area is 156 Å². The summed E-state index contributed by atoms with van der Waals surface area (Å²) in [5.41, 5.74) is 1.17. The van der Waals surface area contributed by atoms with E-state index in [-0.39, 0.29) is 12.8 Å². The Kier molecular flexibility index (Phi) is 5.95. The van der Waals surface area contributed by atoms with E-state index in [9.17, 15) is 18.0 Å². The lowest BCUT2D eigenvalue weighted by atomic mass is 10.00. The highest BCUT2D eigenvalue weighted by Gasteiger charge is 2.38. The van der Waals surface area contributed by atoms with Gasteiger partial charge in [0.2, 0.25) is 5.91 Å². The van der Waals surface area contributed by atoms with Crippen LogP contribution in [0.3, 0.4) is 0 Å². The molecule has 0 spiro atoms. The fraction of sp³-hybridized carbons (Fsp3) is 0.375. The SMILES string of the molecule is CC(Cl)(CCC(=O)Nc1ccc(I)c2cccnc12)CC(F)(F)F. The molecule has 0 radical (unpaired) electrons. The molecule has 1 atom stereocenters. The summed E-state index contributed by atoms with van der Waals surface area (Å²) in [7, 11) is 0. The summed E-state index contributed by atoms with van der Waals surface area (Å²) in [6, 6.07) is 7.26. The van der Waals surface area contributed by atoms with Crippen LogP contribution in [0.2, 0.25) is 0 Å². The molecule has 3 nitrogen and oxygen atoms in total. The van der Waals surface area contributed by atoms with Crippen LogP contribution in [0.5, 0.6) is 0 Å². The summed E-state index contributed by atoms with van der Waals surface area (Å²) in [6.45, 7) is 1.29. The first kappa shape index (κ1) is 19.2. The standard InChI is InChI=1S/C16H15ClF3IN2O/c1-15(17,9-16(18,19)20)7-6-13(24)23-12-5-4-11(21)10-3-2-8-22-14(10)12/h2-5,8H,6-7,9H2,1H3,(H,23,24). The molecular formula is C16H15ClF3IN2O. The molecular weight excluding hydrogens is 456 g/mol. The van der Waals surface area contributed by atoms with E-state index in [0.717, 1.165) is 8.96 Å². The molecule has 1 unspecified atom stereocenters. The largest absolute Gasteiger partial charge is 0.390 e. The van der Waals surface area contributed by atoms with Crippen molar-refractivity contribution in [1.29, 1.82) is 0 Å². The van der Waals surface area contributed by atoms with E-state index in [1.807, 2.05) is 12.1 Å². The molecule has 0 saturated carbocycles. The van der Waals surface area contributed by atoms with Gasteiger partial charge in [-0.2, -0.15) is 13.2 Å². The number of anilines is 1. The van der Waals surface area contributed by atoms with Crippen molar-refractivity contribution < 1.29 is 18.0 Å². The molecule has 1 N–H and O–H groups in total. The van der Waals surface area contributed by atoms with E-state index in [4.69, 9.17) is 11.6 Å². The molecule has 0 bridgehead atoms. The number of benzene rings is 1. The van der Waals surface area contributed by atoms with Gasteiger partial charge in [-0.3, -0.25) is 9.78 Å². The van der Waals surface area contributed by atoms with Crippen molar-refractivity contribution in [2.24, 2.45) is 0 Å². The molecule has 1 aromatic heterocycles. The van der Waals surface area contributed by atoms with Crippen molar-refractivity contribution in [3.05, 3.63) is 34.0 Å². The molecule has 0 aliphatic rings. The van der Waals surface area contributed by atoms with Crippen molar-refractivity contribution in [2.45, 2.75) is 37.2 Å². The van der Waals surface area contributed by atoms with Crippen LogP contribution in [0.4, 0.5) is 18.9 Å². The number of hydrogen-bond acceptors (Lipinski definition) is 2. The van der Waals surface area contributed by atoms with Crippen molar-refractivity contribution in [2.75, 3.05) is 5.32 Å². The molecule has 2 rings (SSSR count). The summed E-state index contributed by atoms with van der Waals surface area (Å²) >= 11 is 8.04. The molecule has 24 heavy (non-hydrogen) atoms. The maximum atomic E-state index is 12.4. The quantitative estimate of drug-likeness (QED) is 0.463. The van der Waals surface area contributed by atoms with E-state index >= 15 is 0 Å². The number of halogens is 5. The maximum absolute atomic E-state index is 12.4. The Morgan fingerprint density at radius 1 is 1.33 bits per heavy atom. The van der Waals surface area contributed by atoms with Gasteiger partial charge < -0.3 is 5.32 Å². The second-order valence-corrected chi connectivity index (χ2v) is 7.82. The molecule has 2 aromatic rings. The Balaban J connectivity index is 2.05. The smallest absolute Gasteiger partial charge is 0.324 e. The number of pyridine rings is 1. The van der Waals surface area contributed by atoms with Gasteiger partial charge in [0.1, 0.15) is 0 Å². The predicted molar refractivity (Wildman–Crippen MR) is 97.3 cm³/mol. The van der Waals surface area contributed by atoms with Crippen LogP contribution in [0.1, 0.15) is 26.2 Å². The topological polar surface area (TPSA) is 42.0 Å². The Morgan fingerprint density at radius 2 is 2.04 bits per heavy atom. The summed E-state index contributed by atoms with van der Waals surface area (Å²) in [5, 5.41) is 3.60. The Morgan fingerprint density at radius 3 is 2.71 bits per heavy atom. The molecule has 0 saturated heterocycles. The highest BCUT2D eigenvalue weighted by atomic mass is 127. The minimum atomic E-state index is -4.36. The van der Waals surface area contributed by atoms with Crippen LogP contribution in [-0.4, -0.2) is 21.9 Å². The minimum Gasteiger partial charge on any atom is -0.324 e. The average molecular weight is 471 g/mol. The van der Waals surface area contributed by atoms with Gasteiger partial charge in [-0.25, -0.2) is 0 Å². The first-order chi connectivity index (χ1) is 11.1. The first-order valence-electron chi connectivity index (χ1n) is 7.16. The summed E-state index contributed by atoms with van der Waals surface area (Å²) in [4.78, 5) is 14.8. The van der Waals surface area contributed by atoms with E-state index < -0.39 is 23.4 Å². The number of amides is 1. The van der Waals surface area contributed by atoms with Gasteiger partial charge in [-0.1, -0.05) is 6.07 Å². The number of fused-ring (bicyclic) bond motifs is 1. The number of nitrogens with one attached hydrogen (secondary N) is 1. The Hall–Kier alpha value is -1.09. The zero-order valence-corrected chi connectivity index (χ0v) is 15.7. The number of rotatable bonds is 5. The lowest BCUT2D eigenvalue weighted by molar-refractivity contribution is -0.141. The third-order valence-corrected chi connectivity index (χ3v) is 4.70. The molecule has 1 amide bonds. The molecule has 0 aliphatic carbocycles. The third kappa shape index (κ3) is 5.47. The van der Waals surface area contributed by atoms with Gasteiger partial charge in [0.25, 0.3) is 0 Å². The molecule has 1 aromatic carbocycles.